The molecule has 2 aliphatic rings. The molecule has 0 radical (unpaired) electrons. The molecule has 8 nitrogen and oxygen atoms in total. The lowest BCUT2D eigenvalue weighted by atomic mass is 10.1. The van der Waals surface area contributed by atoms with Gasteiger partial charge in [-0.1, -0.05) is 0 Å². The van der Waals surface area contributed by atoms with Gasteiger partial charge in [-0.05, 0) is 49.2 Å². The number of nitro benzene ring substituents is 1. The standard InChI is InChI=1S/C22H25FN4O4/c23-17-5-3-16(4-6-17)22(28)26-11-9-25(10-12-26)18-7-8-21(27(29)30)20(14-18)24-15-19-2-1-13-31-19/h3-8,14,19,24H,1-2,9-13,15H2/t19-/m1/s1. The lowest BCUT2D eigenvalue weighted by molar-refractivity contribution is -0.383. The molecule has 2 aromatic rings. The van der Waals surface area contributed by atoms with E-state index in [0.717, 1.165) is 25.1 Å². The van der Waals surface area contributed by atoms with Crippen LogP contribution in [0.1, 0.15) is 23.2 Å². The molecule has 9 heteroatoms. The number of hydrogen-bond donors (Lipinski definition) is 1. The second-order valence-electron chi connectivity index (χ2n) is 7.76. The Hall–Kier alpha value is -3.20. The third-order valence-corrected chi connectivity index (χ3v) is 5.74. The number of nitro groups is 1. The van der Waals surface area contributed by atoms with Crippen molar-refractivity contribution in [2.45, 2.75) is 18.9 Å². The Balaban J connectivity index is 1.41. The molecule has 2 heterocycles. The Labute approximate surface area is 179 Å². The molecule has 1 amide bonds. The lowest BCUT2D eigenvalue weighted by Gasteiger charge is -2.36. The normalized spacial score (nSPS) is 18.8. The quantitative estimate of drug-likeness (QED) is 0.561. The Morgan fingerprint density at radius 3 is 2.55 bits per heavy atom. The number of nitrogens with zero attached hydrogens (tertiary/aromatic N) is 3. The van der Waals surface area contributed by atoms with E-state index in [1.807, 2.05) is 0 Å². The number of benzene rings is 2. The van der Waals surface area contributed by atoms with Crippen LogP contribution in [0.3, 0.4) is 0 Å². The van der Waals surface area contributed by atoms with E-state index in [0.29, 0.717) is 44.0 Å². The minimum Gasteiger partial charge on any atom is -0.377 e. The first-order valence-corrected chi connectivity index (χ1v) is 10.4. The van der Waals surface area contributed by atoms with Crippen molar-refractivity contribution >= 4 is 23.0 Å². The number of hydrogen-bond acceptors (Lipinski definition) is 6. The molecule has 0 aliphatic carbocycles. The van der Waals surface area contributed by atoms with Crippen LogP contribution < -0.4 is 10.2 Å². The molecule has 2 aliphatic heterocycles. The summed E-state index contributed by atoms with van der Waals surface area (Å²) in [5.41, 5.74) is 1.84. The molecular weight excluding hydrogens is 403 g/mol. The minimum atomic E-state index is -0.388. The Kier molecular flexibility index (Phi) is 6.31. The van der Waals surface area contributed by atoms with Crippen LogP contribution in [0.25, 0.3) is 0 Å². The topological polar surface area (TPSA) is 88.0 Å². The van der Waals surface area contributed by atoms with E-state index >= 15 is 0 Å². The van der Waals surface area contributed by atoms with Crippen molar-refractivity contribution in [1.29, 1.82) is 0 Å². The molecule has 2 saturated heterocycles. The first kappa shape index (κ1) is 21.0. The van der Waals surface area contributed by atoms with E-state index < -0.39 is 0 Å². The maximum atomic E-state index is 13.1. The highest BCUT2D eigenvalue weighted by atomic mass is 19.1. The number of ether oxygens (including phenoxy) is 1. The molecule has 1 atom stereocenters. The fourth-order valence-electron chi connectivity index (χ4n) is 3.99. The third kappa shape index (κ3) is 4.93. The van der Waals surface area contributed by atoms with Crippen LogP contribution in [0.2, 0.25) is 0 Å². The summed E-state index contributed by atoms with van der Waals surface area (Å²) in [7, 11) is 0. The fraction of sp³-hybridized carbons (Fsp3) is 0.409. The Morgan fingerprint density at radius 1 is 1.16 bits per heavy atom. The van der Waals surface area contributed by atoms with Gasteiger partial charge in [-0.25, -0.2) is 4.39 Å². The molecule has 31 heavy (non-hydrogen) atoms. The Morgan fingerprint density at radius 2 is 1.90 bits per heavy atom. The maximum absolute atomic E-state index is 13.1. The zero-order valence-corrected chi connectivity index (χ0v) is 17.1. The van der Waals surface area contributed by atoms with Gasteiger partial charge in [-0.3, -0.25) is 14.9 Å². The van der Waals surface area contributed by atoms with Crippen LogP contribution >= 0.6 is 0 Å². The van der Waals surface area contributed by atoms with Gasteiger partial charge in [-0.15, -0.1) is 0 Å². The summed E-state index contributed by atoms with van der Waals surface area (Å²) in [6.45, 7) is 3.52. The summed E-state index contributed by atoms with van der Waals surface area (Å²) in [5.74, 6) is -0.495. The Bertz CT molecular complexity index is 939. The SMILES string of the molecule is O=C(c1ccc(F)cc1)N1CCN(c2ccc([N+](=O)[O-])c(NC[C@H]3CCCO3)c2)CC1. The van der Waals surface area contributed by atoms with Gasteiger partial charge >= 0.3 is 0 Å². The number of anilines is 2. The second-order valence-corrected chi connectivity index (χ2v) is 7.76. The van der Waals surface area contributed by atoms with Gasteiger partial charge in [0.05, 0.1) is 11.0 Å². The molecule has 2 aromatic carbocycles. The number of rotatable bonds is 6. The molecule has 2 fully saturated rings. The van der Waals surface area contributed by atoms with Gasteiger partial charge < -0.3 is 19.9 Å². The van der Waals surface area contributed by atoms with Crippen molar-refractivity contribution in [3.63, 3.8) is 0 Å². The van der Waals surface area contributed by atoms with E-state index in [-0.39, 0.29) is 28.4 Å². The summed E-state index contributed by atoms with van der Waals surface area (Å²) in [6.07, 6.45) is 2.03. The second kappa shape index (κ2) is 9.30. The van der Waals surface area contributed by atoms with E-state index in [9.17, 15) is 19.3 Å². The zero-order valence-electron chi connectivity index (χ0n) is 17.1. The van der Waals surface area contributed by atoms with Gasteiger partial charge in [0.25, 0.3) is 11.6 Å². The van der Waals surface area contributed by atoms with Crippen LogP contribution in [-0.4, -0.2) is 61.2 Å². The predicted octanol–water partition coefficient (Wildman–Crippen LogP) is 3.29. The first-order valence-electron chi connectivity index (χ1n) is 10.4. The number of piperazine rings is 1. The summed E-state index contributed by atoms with van der Waals surface area (Å²) < 4.78 is 18.7. The van der Waals surface area contributed by atoms with Gasteiger partial charge in [0, 0.05) is 56.6 Å². The van der Waals surface area contributed by atoms with Gasteiger partial charge in [0.2, 0.25) is 0 Å². The number of carbonyl (C=O) groups excluding carboxylic acids is 1. The monoisotopic (exact) mass is 428 g/mol. The smallest absolute Gasteiger partial charge is 0.292 e. The number of carbonyl (C=O) groups is 1. The average Bonchev–Trinajstić information content (AvgIpc) is 3.31. The number of amides is 1. The number of halogens is 1. The molecular formula is C22H25FN4O4. The molecule has 0 unspecified atom stereocenters. The van der Waals surface area contributed by atoms with E-state index in [2.05, 4.69) is 10.2 Å². The molecule has 1 N–H and O–H groups in total. The molecule has 0 aromatic heterocycles. The lowest BCUT2D eigenvalue weighted by Crippen LogP contribution is -2.48. The summed E-state index contributed by atoms with van der Waals surface area (Å²) >= 11 is 0. The van der Waals surface area contributed by atoms with Crippen LogP contribution in [0, 0.1) is 15.9 Å². The van der Waals surface area contributed by atoms with Crippen LogP contribution in [0.5, 0.6) is 0 Å². The van der Waals surface area contributed by atoms with Crippen molar-refractivity contribution < 1.29 is 18.8 Å². The third-order valence-electron chi connectivity index (χ3n) is 5.74. The van der Waals surface area contributed by atoms with Crippen molar-refractivity contribution in [3.05, 3.63) is 64.0 Å². The van der Waals surface area contributed by atoms with Gasteiger partial charge in [0.15, 0.2) is 0 Å². The highest BCUT2D eigenvalue weighted by Gasteiger charge is 2.24. The minimum absolute atomic E-state index is 0.0341. The predicted molar refractivity (Wildman–Crippen MR) is 115 cm³/mol. The molecule has 0 saturated carbocycles. The maximum Gasteiger partial charge on any atom is 0.292 e. The van der Waals surface area contributed by atoms with Gasteiger partial charge in [0.1, 0.15) is 11.5 Å². The first-order chi connectivity index (χ1) is 15.0. The highest BCUT2D eigenvalue weighted by molar-refractivity contribution is 5.94. The highest BCUT2D eigenvalue weighted by Crippen LogP contribution is 2.30. The molecule has 164 valence electrons. The molecule has 0 bridgehead atoms. The van der Waals surface area contributed by atoms with Crippen LogP contribution in [0.4, 0.5) is 21.5 Å². The van der Waals surface area contributed by atoms with Crippen LogP contribution in [-0.2, 0) is 4.74 Å². The average molecular weight is 428 g/mol. The van der Waals surface area contributed by atoms with E-state index in [1.165, 1.54) is 30.3 Å². The van der Waals surface area contributed by atoms with Gasteiger partial charge in [-0.2, -0.15) is 0 Å². The van der Waals surface area contributed by atoms with Crippen molar-refractivity contribution in [2.24, 2.45) is 0 Å². The molecule has 4 rings (SSSR count). The van der Waals surface area contributed by atoms with Crippen molar-refractivity contribution in [3.8, 4) is 0 Å². The van der Waals surface area contributed by atoms with Crippen LogP contribution in [0.15, 0.2) is 42.5 Å². The molecule has 0 spiro atoms. The summed E-state index contributed by atoms with van der Waals surface area (Å²) in [5, 5.41) is 14.6. The van der Waals surface area contributed by atoms with E-state index in [1.54, 1.807) is 17.0 Å². The number of nitrogens with one attached hydrogen (secondary N) is 1. The van der Waals surface area contributed by atoms with Crippen molar-refractivity contribution in [1.82, 2.24) is 4.90 Å². The van der Waals surface area contributed by atoms with Crippen molar-refractivity contribution in [2.75, 3.05) is 49.5 Å². The fourth-order valence-corrected chi connectivity index (χ4v) is 3.99. The summed E-state index contributed by atoms with van der Waals surface area (Å²) in [6, 6.07) is 10.6. The summed E-state index contributed by atoms with van der Waals surface area (Å²) in [4.78, 5) is 27.5. The largest absolute Gasteiger partial charge is 0.377 e. The van der Waals surface area contributed by atoms with E-state index in [4.69, 9.17) is 4.74 Å². The zero-order chi connectivity index (χ0) is 21.8.